The van der Waals surface area contributed by atoms with Gasteiger partial charge in [0.15, 0.2) is 0 Å². The standard InChI is InChI=1S/C14H12O3/c1-16-10(15)6-9-11-12(9)14-8-5-3-2-4-7(8)13(11)17-14/h2-6,11-14H,1H3/t11-,12?,13+,14-/m1/s1. The summed E-state index contributed by atoms with van der Waals surface area (Å²) in [4.78, 5) is 11.3. The Balaban J connectivity index is 1.72. The van der Waals surface area contributed by atoms with E-state index in [1.165, 1.54) is 23.8 Å². The van der Waals surface area contributed by atoms with Crippen molar-refractivity contribution in [2.75, 3.05) is 7.11 Å². The molecule has 4 rings (SSSR count). The zero-order valence-corrected chi connectivity index (χ0v) is 9.42. The van der Waals surface area contributed by atoms with Gasteiger partial charge >= 0.3 is 5.97 Å². The van der Waals surface area contributed by atoms with Crippen molar-refractivity contribution in [2.45, 2.75) is 12.2 Å². The maximum absolute atomic E-state index is 11.3. The van der Waals surface area contributed by atoms with Crippen LogP contribution in [0.4, 0.5) is 0 Å². The van der Waals surface area contributed by atoms with Crippen molar-refractivity contribution in [2.24, 2.45) is 11.8 Å². The van der Waals surface area contributed by atoms with E-state index < -0.39 is 0 Å². The van der Waals surface area contributed by atoms with Gasteiger partial charge in [0.05, 0.1) is 19.3 Å². The van der Waals surface area contributed by atoms with E-state index in [1.807, 2.05) is 12.1 Å². The molecule has 1 aromatic rings. The summed E-state index contributed by atoms with van der Waals surface area (Å²) >= 11 is 0. The lowest BCUT2D eigenvalue weighted by atomic mass is 9.92. The molecule has 1 aliphatic carbocycles. The lowest BCUT2D eigenvalue weighted by Gasteiger charge is -2.08. The zero-order valence-electron chi connectivity index (χ0n) is 9.42. The Kier molecular flexibility index (Phi) is 1.66. The number of fused-ring (bicyclic) bond motifs is 8. The number of methoxy groups -OCH3 is 1. The fourth-order valence-corrected chi connectivity index (χ4v) is 3.33. The number of benzene rings is 1. The van der Waals surface area contributed by atoms with Gasteiger partial charge in [-0.2, -0.15) is 0 Å². The molecule has 3 nitrogen and oxygen atoms in total. The number of carbonyl (C=O) groups is 1. The molecular formula is C14H12O3. The third-order valence-corrected chi connectivity index (χ3v) is 4.09. The summed E-state index contributed by atoms with van der Waals surface area (Å²) in [5, 5.41) is 0. The van der Waals surface area contributed by atoms with Crippen LogP contribution in [0.1, 0.15) is 23.3 Å². The predicted molar refractivity (Wildman–Crippen MR) is 60.1 cm³/mol. The Morgan fingerprint density at radius 2 is 1.82 bits per heavy atom. The van der Waals surface area contributed by atoms with Crippen molar-refractivity contribution in [3.8, 4) is 0 Å². The average molecular weight is 228 g/mol. The first-order valence-corrected chi connectivity index (χ1v) is 5.85. The van der Waals surface area contributed by atoms with Crippen LogP contribution in [0.15, 0.2) is 35.9 Å². The first-order chi connectivity index (χ1) is 8.31. The summed E-state index contributed by atoms with van der Waals surface area (Å²) < 4.78 is 10.6. The minimum atomic E-state index is -0.252. The van der Waals surface area contributed by atoms with Gasteiger partial charge in [0.2, 0.25) is 0 Å². The monoisotopic (exact) mass is 228 g/mol. The first kappa shape index (κ1) is 9.42. The van der Waals surface area contributed by atoms with Crippen LogP contribution in [-0.4, -0.2) is 13.1 Å². The molecule has 1 saturated heterocycles. The molecule has 1 aromatic carbocycles. The molecule has 2 heterocycles. The number of esters is 1. The molecule has 0 N–H and O–H groups in total. The van der Waals surface area contributed by atoms with Gasteiger partial charge in [-0.05, 0) is 16.7 Å². The fourth-order valence-electron chi connectivity index (χ4n) is 3.33. The normalized spacial score (nSPS) is 37.8. The van der Waals surface area contributed by atoms with Gasteiger partial charge in [-0.3, -0.25) is 0 Å². The molecule has 3 aliphatic rings. The Morgan fingerprint density at radius 1 is 1.24 bits per heavy atom. The van der Waals surface area contributed by atoms with Gasteiger partial charge in [0.25, 0.3) is 0 Å². The molecule has 0 radical (unpaired) electrons. The van der Waals surface area contributed by atoms with E-state index in [1.54, 1.807) is 6.08 Å². The van der Waals surface area contributed by atoms with E-state index in [0.717, 1.165) is 0 Å². The zero-order chi connectivity index (χ0) is 11.6. The van der Waals surface area contributed by atoms with Crippen molar-refractivity contribution in [3.05, 3.63) is 47.0 Å². The second-order valence-electron chi connectivity index (χ2n) is 4.83. The van der Waals surface area contributed by atoms with Crippen molar-refractivity contribution in [1.82, 2.24) is 0 Å². The van der Waals surface area contributed by atoms with Gasteiger partial charge < -0.3 is 9.47 Å². The molecule has 2 fully saturated rings. The maximum atomic E-state index is 11.3. The van der Waals surface area contributed by atoms with E-state index in [-0.39, 0.29) is 18.2 Å². The molecule has 17 heavy (non-hydrogen) atoms. The highest BCUT2D eigenvalue weighted by Crippen LogP contribution is 2.72. The number of ether oxygens (including phenoxy) is 2. The Bertz CT molecular complexity index is 509. The van der Waals surface area contributed by atoms with Gasteiger partial charge in [-0.25, -0.2) is 4.79 Å². The van der Waals surface area contributed by atoms with Crippen LogP contribution in [0.2, 0.25) is 0 Å². The summed E-state index contributed by atoms with van der Waals surface area (Å²) in [5.74, 6) is 0.570. The highest BCUT2D eigenvalue weighted by atomic mass is 16.5. The van der Waals surface area contributed by atoms with E-state index in [4.69, 9.17) is 4.74 Å². The van der Waals surface area contributed by atoms with Crippen molar-refractivity contribution >= 4 is 5.97 Å². The van der Waals surface area contributed by atoms with Crippen LogP contribution in [0.5, 0.6) is 0 Å². The third-order valence-electron chi connectivity index (χ3n) is 4.09. The van der Waals surface area contributed by atoms with Crippen LogP contribution >= 0.6 is 0 Å². The maximum Gasteiger partial charge on any atom is 0.330 e. The van der Waals surface area contributed by atoms with Crippen molar-refractivity contribution < 1.29 is 14.3 Å². The van der Waals surface area contributed by atoms with E-state index in [9.17, 15) is 4.79 Å². The van der Waals surface area contributed by atoms with E-state index >= 15 is 0 Å². The minimum Gasteiger partial charge on any atom is -0.466 e. The van der Waals surface area contributed by atoms with Crippen LogP contribution in [0.25, 0.3) is 0 Å². The van der Waals surface area contributed by atoms with Crippen molar-refractivity contribution in [1.29, 1.82) is 0 Å². The molecule has 86 valence electrons. The molecule has 1 unspecified atom stereocenters. The molecule has 2 bridgehead atoms. The van der Waals surface area contributed by atoms with E-state index in [0.29, 0.717) is 11.8 Å². The minimum absolute atomic E-state index is 0.164. The summed E-state index contributed by atoms with van der Waals surface area (Å²) in [5.41, 5.74) is 3.80. The highest BCUT2D eigenvalue weighted by molar-refractivity contribution is 5.84. The SMILES string of the molecule is COC(=O)C=C1C2[C@@H]3O[C@@H](c4ccccc43)[C@H]12. The lowest BCUT2D eigenvalue weighted by molar-refractivity contribution is -0.134. The van der Waals surface area contributed by atoms with Crippen LogP contribution < -0.4 is 0 Å². The molecular weight excluding hydrogens is 216 g/mol. The molecule has 3 heteroatoms. The third kappa shape index (κ3) is 1.07. The van der Waals surface area contributed by atoms with Crippen LogP contribution in [-0.2, 0) is 14.3 Å². The average Bonchev–Trinajstić information content (AvgIpc) is 2.79. The molecule has 0 spiro atoms. The molecule has 4 atom stereocenters. The highest BCUT2D eigenvalue weighted by Gasteiger charge is 2.65. The molecule has 0 amide bonds. The largest absolute Gasteiger partial charge is 0.466 e. The number of hydrogen-bond donors (Lipinski definition) is 0. The van der Waals surface area contributed by atoms with Gasteiger partial charge in [0.1, 0.15) is 0 Å². The summed E-state index contributed by atoms with van der Waals surface area (Å²) in [7, 11) is 1.41. The summed E-state index contributed by atoms with van der Waals surface area (Å²) in [6.07, 6.45) is 1.97. The van der Waals surface area contributed by atoms with Gasteiger partial charge in [-0.15, -0.1) is 0 Å². The van der Waals surface area contributed by atoms with Crippen LogP contribution in [0.3, 0.4) is 0 Å². The molecule has 0 aromatic heterocycles. The number of carbonyl (C=O) groups excluding carboxylic acids is 1. The summed E-state index contributed by atoms with van der Waals surface area (Å²) in [6, 6.07) is 8.35. The predicted octanol–water partition coefficient (Wildman–Crippen LogP) is 2.16. The smallest absolute Gasteiger partial charge is 0.330 e. The fraction of sp³-hybridized carbons (Fsp3) is 0.357. The Morgan fingerprint density at radius 3 is 2.35 bits per heavy atom. The van der Waals surface area contributed by atoms with Crippen molar-refractivity contribution in [3.63, 3.8) is 0 Å². The molecule has 2 aliphatic heterocycles. The lowest BCUT2D eigenvalue weighted by Crippen LogP contribution is -1.99. The van der Waals surface area contributed by atoms with Crippen LogP contribution in [0, 0.1) is 11.8 Å². The number of hydrogen-bond acceptors (Lipinski definition) is 3. The quantitative estimate of drug-likeness (QED) is 0.546. The Hall–Kier alpha value is -1.61. The molecule has 1 saturated carbocycles. The first-order valence-electron chi connectivity index (χ1n) is 5.85. The van der Waals surface area contributed by atoms with Gasteiger partial charge in [0, 0.05) is 17.9 Å². The summed E-state index contributed by atoms with van der Waals surface area (Å²) in [6.45, 7) is 0. The van der Waals surface area contributed by atoms with Gasteiger partial charge in [-0.1, -0.05) is 24.3 Å². The Labute approximate surface area is 99.0 Å². The van der Waals surface area contributed by atoms with E-state index in [2.05, 4.69) is 16.9 Å². The second-order valence-corrected chi connectivity index (χ2v) is 4.83. The second kappa shape index (κ2) is 2.99. The topological polar surface area (TPSA) is 35.5 Å². The number of rotatable bonds is 1.